The zero-order valence-electron chi connectivity index (χ0n) is 15.2. The number of thiophene rings is 1. The highest BCUT2D eigenvalue weighted by atomic mass is 32.1. The van der Waals surface area contributed by atoms with E-state index < -0.39 is 0 Å². The van der Waals surface area contributed by atoms with Crippen molar-refractivity contribution in [2.24, 2.45) is 11.8 Å². The maximum atomic E-state index is 12.7. The van der Waals surface area contributed by atoms with E-state index in [9.17, 15) is 9.90 Å². The molecule has 0 aromatic carbocycles. The number of amides is 1. The lowest BCUT2D eigenvalue weighted by Gasteiger charge is -2.40. The minimum atomic E-state index is -0.250. The van der Waals surface area contributed by atoms with Crippen LogP contribution in [0.4, 0.5) is 0 Å². The number of hydrogen-bond acceptors (Lipinski definition) is 5. The maximum absolute atomic E-state index is 12.7. The van der Waals surface area contributed by atoms with Gasteiger partial charge in [0.25, 0.3) is 12.4 Å². The number of aliphatic hydroxyl groups is 1. The molecule has 4 atom stereocenters. The summed E-state index contributed by atoms with van der Waals surface area (Å²) in [7, 11) is 0. The Morgan fingerprint density at radius 1 is 1.19 bits per heavy atom. The predicted molar refractivity (Wildman–Crippen MR) is 100 cm³/mol. The van der Waals surface area contributed by atoms with Gasteiger partial charge in [0, 0.05) is 24.0 Å². The number of rotatable bonds is 2. The van der Waals surface area contributed by atoms with E-state index in [-0.39, 0.29) is 18.5 Å². The Labute approximate surface area is 158 Å². The molecule has 4 rings (SSSR count). The number of carbonyl (C=O) groups excluding carboxylic acids is 1. The summed E-state index contributed by atoms with van der Waals surface area (Å²) in [5, 5.41) is 17.5. The van der Waals surface area contributed by atoms with Gasteiger partial charge in [0.2, 0.25) is 0 Å². The quantitative estimate of drug-likeness (QED) is 0.768. The first-order valence-electron chi connectivity index (χ1n) is 9.39. The van der Waals surface area contributed by atoms with Crippen LogP contribution in [0.25, 0.3) is 0 Å². The second-order valence-electron chi connectivity index (χ2n) is 7.60. The van der Waals surface area contributed by atoms with Crippen LogP contribution in [0.5, 0.6) is 0 Å². The standard InChI is InChI=1S/C18H26N2O2S.CH2O2/c1-12-4-5-17(23-12)18(22)20-10-13-8-15(19-6-2-3-7-19)16(21)9-14(13)11-20;2-1-3/h4-5,13-16,21H,2-3,6-11H2,1H3;1H,(H,2,3)/t13-,14+,15-,16-;/m1./s1. The van der Waals surface area contributed by atoms with Crippen LogP contribution in [0.15, 0.2) is 12.1 Å². The summed E-state index contributed by atoms with van der Waals surface area (Å²) in [4.78, 5) is 27.6. The molecule has 1 aromatic heterocycles. The molecule has 0 spiro atoms. The SMILES string of the molecule is Cc1ccc(C(=O)N2C[C@H]3C[C@@H](N4CCCC4)[C@H](O)C[C@H]3C2)s1.O=CO. The van der Waals surface area contributed by atoms with Gasteiger partial charge in [0.1, 0.15) is 0 Å². The number of aliphatic hydroxyl groups excluding tert-OH is 1. The van der Waals surface area contributed by atoms with Crippen LogP contribution in [-0.2, 0) is 4.79 Å². The molecule has 26 heavy (non-hydrogen) atoms. The third-order valence-electron chi connectivity index (χ3n) is 5.96. The van der Waals surface area contributed by atoms with E-state index in [4.69, 9.17) is 9.90 Å². The monoisotopic (exact) mass is 380 g/mol. The van der Waals surface area contributed by atoms with Crippen LogP contribution >= 0.6 is 11.3 Å². The molecule has 2 aliphatic heterocycles. The Hall–Kier alpha value is -1.44. The Morgan fingerprint density at radius 2 is 1.81 bits per heavy atom. The van der Waals surface area contributed by atoms with Crippen LogP contribution in [0.2, 0.25) is 0 Å². The van der Waals surface area contributed by atoms with Gasteiger partial charge >= 0.3 is 0 Å². The smallest absolute Gasteiger partial charge is 0.290 e. The van der Waals surface area contributed by atoms with Crippen molar-refractivity contribution in [1.29, 1.82) is 0 Å². The highest BCUT2D eigenvalue weighted by Gasteiger charge is 2.45. The highest BCUT2D eigenvalue weighted by molar-refractivity contribution is 7.13. The van der Waals surface area contributed by atoms with Gasteiger partial charge in [0.05, 0.1) is 11.0 Å². The second kappa shape index (κ2) is 8.50. The Kier molecular flexibility index (Phi) is 6.32. The minimum absolute atomic E-state index is 0.185. The first-order valence-corrected chi connectivity index (χ1v) is 10.2. The van der Waals surface area contributed by atoms with E-state index in [1.54, 1.807) is 11.3 Å². The number of likely N-dealkylation sites (tertiary alicyclic amines) is 2. The minimum Gasteiger partial charge on any atom is -0.483 e. The van der Waals surface area contributed by atoms with Gasteiger partial charge in [-0.05, 0) is 69.7 Å². The summed E-state index contributed by atoms with van der Waals surface area (Å²) in [6.07, 6.45) is 4.23. The first-order chi connectivity index (χ1) is 12.5. The molecule has 2 N–H and O–H groups in total. The van der Waals surface area contributed by atoms with Gasteiger partial charge in [-0.2, -0.15) is 0 Å². The number of carbonyl (C=O) groups is 2. The third kappa shape index (κ3) is 4.10. The first kappa shape index (κ1) is 19.3. The van der Waals surface area contributed by atoms with E-state index in [2.05, 4.69) is 4.90 Å². The normalized spacial score (nSPS) is 31.2. The fourth-order valence-electron chi connectivity index (χ4n) is 4.74. The lowest BCUT2D eigenvalue weighted by atomic mass is 9.77. The molecular formula is C19H28N2O4S. The molecule has 3 aliphatic rings. The number of carboxylic acid groups (broad SMARTS) is 1. The molecular weight excluding hydrogens is 352 g/mol. The molecule has 0 bridgehead atoms. The zero-order chi connectivity index (χ0) is 18.7. The molecule has 1 aliphatic carbocycles. The number of hydrogen-bond donors (Lipinski definition) is 2. The largest absolute Gasteiger partial charge is 0.483 e. The molecule has 2 saturated heterocycles. The maximum Gasteiger partial charge on any atom is 0.290 e. The van der Waals surface area contributed by atoms with Gasteiger partial charge in [-0.3, -0.25) is 14.5 Å². The summed E-state index contributed by atoms with van der Waals surface area (Å²) in [5.41, 5.74) is 0. The molecule has 7 heteroatoms. The lowest BCUT2D eigenvalue weighted by molar-refractivity contribution is -0.122. The van der Waals surface area contributed by atoms with Crippen molar-refractivity contribution in [1.82, 2.24) is 9.80 Å². The van der Waals surface area contributed by atoms with E-state index in [1.165, 1.54) is 17.7 Å². The van der Waals surface area contributed by atoms with Gasteiger partial charge in [-0.15, -0.1) is 11.3 Å². The van der Waals surface area contributed by atoms with Crippen LogP contribution in [0.1, 0.15) is 40.2 Å². The molecule has 1 saturated carbocycles. The molecule has 6 nitrogen and oxygen atoms in total. The Bertz CT molecular complexity index is 629. The number of fused-ring (bicyclic) bond motifs is 1. The van der Waals surface area contributed by atoms with Gasteiger partial charge in [0.15, 0.2) is 0 Å². The summed E-state index contributed by atoms with van der Waals surface area (Å²) < 4.78 is 0. The predicted octanol–water partition coefficient (Wildman–Crippen LogP) is 2.06. The Morgan fingerprint density at radius 3 is 2.38 bits per heavy atom. The second-order valence-corrected chi connectivity index (χ2v) is 8.88. The van der Waals surface area contributed by atoms with Crippen LogP contribution < -0.4 is 0 Å². The van der Waals surface area contributed by atoms with E-state index in [1.807, 2.05) is 24.0 Å². The molecule has 1 amide bonds. The fraction of sp³-hybridized carbons (Fsp3) is 0.684. The summed E-state index contributed by atoms with van der Waals surface area (Å²) in [6, 6.07) is 4.29. The van der Waals surface area contributed by atoms with Crippen LogP contribution in [0.3, 0.4) is 0 Å². The van der Waals surface area contributed by atoms with Crippen molar-refractivity contribution in [3.63, 3.8) is 0 Å². The average Bonchev–Trinajstić information content (AvgIpc) is 3.34. The summed E-state index contributed by atoms with van der Waals surface area (Å²) >= 11 is 1.59. The number of nitrogens with zero attached hydrogens (tertiary/aromatic N) is 2. The number of aryl methyl sites for hydroxylation is 1. The Balaban J connectivity index is 0.000000613. The lowest BCUT2D eigenvalue weighted by Crippen LogP contribution is -2.48. The summed E-state index contributed by atoms with van der Waals surface area (Å²) in [5.74, 6) is 1.23. The van der Waals surface area contributed by atoms with Crippen molar-refractivity contribution in [3.05, 3.63) is 21.9 Å². The topological polar surface area (TPSA) is 81.1 Å². The van der Waals surface area contributed by atoms with E-state index in [0.29, 0.717) is 17.9 Å². The highest BCUT2D eigenvalue weighted by Crippen LogP contribution is 2.39. The zero-order valence-corrected chi connectivity index (χ0v) is 16.0. The van der Waals surface area contributed by atoms with Crippen LogP contribution in [-0.4, -0.2) is 70.7 Å². The molecule has 3 fully saturated rings. The van der Waals surface area contributed by atoms with Crippen molar-refractivity contribution >= 4 is 23.7 Å². The van der Waals surface area contributed by atoms with E-state index >= 15 is 0 Å². The summed E-state index contributed by atoms with van der Waals surface area (Å²) in [6.45, 7) is 5.76. The van der Waals surface area contributed by atoms with Crippen molar-refractivity contribution in [3.8, 4) is 0 Å². The molecule has 0 unspecified atom stereocenters. The molecule has 0 radical (unpaired) electrons. The molecule has 144 valence electrons. The van der Waals surface area contributed by atoms with Crippen molar-refractivity contribution in [2.45, 2.75) is 44.8 Å². The van der Waals surface area contributed by atoms with E-state index in [0.717, 1.165) is 43.9 Å². The van der Waals surface area contributed by atoms with Crippen molar-refractivity contribution < 1.29 is 19.8 Å². The van der Waals surface area contributed by atoms with Gasteiger partial charge in [-0.1, -0.05) is 0 Å². The fourth-order valence-corrected chi connectivity index (χ4v) is 5.58. The van der Waals surface area contributed by atoms with Gasteiger partial charge < -0.3 is 15.1 Å². The van der Waals surface area contributed by atoms with Gasteiger partial charge in [-0.25, -0.2) is 0 Å². The third-order valence-corrected chi connectivity index (χ3v) is 6.95. The molecule has 3 heterocycles. The average molecular weight is 381 g/mol. The van der Waals surface area contributed by atoms with Crippen molar-refractivity contribution in [2.75, 3.05) is 26.2 Å². The van der Waals surface area contributed by atoms with Crippen LogP contribution in [0, 0.1) is 18.8 Å². The molecule has 1 aromatic rings.